The van der Waals surface area contributed by atoms with E-state index < -0.39 is 16.6 Å². The molecule has 1 aliphatic heterocycles. The number of ether oxygens (including phenoxy) is 3. The number of carbonyl (C=O) groups excluding carboxylic acids is 2. The van der Waals surface area contributed by atoms with Crippen molar-refractivity contribution in [2.45, 2.75) is 118 Å². The first-order valence-corrected chi connectivity index (χ1v) is 20.5. The van der Waals surface area contributed by atoms with Gasteiger partial charge in [-0.25, -0.2) is 4.79 Å². The molecule has 1 heterocycles. The van der Waals surface area contributed by atoms with E-state index in [1.165, 1.54) is 7.11 Å². The van der Waals surface area contributed by atoms with Gasteiger partial charge in [-0.1, -0.05) is 53.2 Å². The number of benzene rings is 1. The maximum Gasteiger partial charge on any atom is 0.342 e. The molecule has 1 unspecified atom stereocenters. The summed E-state index contributed by atoms with van der Waals surface area (Å²) in [6.45, 7) is 26.8. The largest absolute Gasteiger partial charge is 0.543 e. The second kappa shape index (κ2) is 13.0. The van der Waals surface area contributed by atoms with Crippen molar-refractivity contribution in [2.75, 3.05) is 20.8 Å². The molecule has 7 nitrogen and oxygen atoms in total. The van der Waals surface area contributed by atoms with Crippen LogP contribution in [0.3, 0.4) is 0 Å². The van der Waals surface area contributed by atoms with Gasteiger partial charge >= 0.3 is 11.9 Å². The lowest BCUT2D eigenvalue weighted by molar-refractivity contribution is -0.141. The molecule has 1 atom stereocenters. The number of allylic oxidation sites excluding steroid dienone is 2. The predicted molar refractivity (Wildman–Crippen MR) is 170 cm³/mol. The highest BCUT2D eigenvalue weighted by atomic mass is 28.4. The molecule has 0 aliphatic carbocycles. The third-order valence-corrected chi connectivity index (χ3v) is 18.3. The quantitative estimate of drug-likeness (QED) is 0.135. The lowest BCUT2D eigenvalue weighted by atomic mass is 9.90. The van der Waals surface area contributed by atoms with Crippen LogP contribution in [0.15, 0.2) is 11.6 Å². The minimum Gasteiger partial charge on any atom is -0.543 e. The first-order valence-electron chi connectivity index (χ1n) is 14.6. The maximum absolute atomic E-state index is 13.0. The number of carbonyl (C=O) groups is 2. The van der Waals surface area contributed by atoms with Gasteiger partial charge < -0.3 is 23.1 Å². The minimum absolute atomic E-state index is 0.0385. The first-order chi connectivity index (χ1) is 18.7. The van der Waals surface area contributed by atoms with Gasteiger partial charge in [0.2, 0.25) is 0 Å². The van der Waals surface area contributed by atoms with Gasteiger partial charge in [0.25, 0.3) is 8.32 Å². The third kappa shape index (κ3) is 8.05. The minimum atomic E-state index is -2.32. The van der Waals surface area contributed by atoms with Crippen LogP contribution in [0.5, 0.6) is 11.5 Å². The van der Waals surface area contributed by atoms with Crippen molar-refractivity contribution in [3.63, 3.8) is 0 Å². The summed E-state index contributed by atoms with van der Waals surface area (Å²) in [5, 5.41) is 0.0404. The van der Waals surface area contributed by atoms with Crippen molar-refractivity contribution in [1.82, 2.24) is 0 Å². The Morgan fingerprint density at radius 2 is 1.59 bits per heavy atom. The van der Waals surface area contributed by atoms with Crippen LogP contribution in [0.25, 0.3) is 0 Å². The Kier molecular flexibility index (Phi) is 11.2. The van der Waals surface area contributed by atoms with E-state index >= 15 is 0 Å². The van der Waals surface area contributed by atoms with E-state index in [4.69, 9.17) is 23.1 Å². The predicted octanol–water partition coefficient (Wildman–Crippen LogP) is 8.14. The molecule has 1 aliphatic rings. The number of fused-ring (bicyclic) bond motifs is 1. The van der Waals surface area contributed by atoms with Crippen LogP contribution >= 0.6 is 0 Å². The van der Waals surface area contributed by atoms with E-state index in [1.54, 1.807) is 7.11 Å². The fourth-order valence-corrected chi connectivity index (χ4v) is 6.51. The molecule has 1 aromatic carbocycles. The molecule has 0 amide bonds. The summed E-state index contributed by atoms with van der Waals surface area (Å²) in [4.78, 5) is 25.4. The summed E-state index contributed by atoms with van der Waals surface area (Å²) in [6, 6.07) is 0. The van der Waals surface area contributed by atoms with Crippen LogP contribution in [0, 0.1) is 12.8 Å². The van der Waals surface area contributed by atoms with Crippen LogP contribution in [-0.4, -0.2) is 49.4 Å². The molecule has 232 valence electrons. The molecule has 0 aromatic heterocycles. The highest BCUT2D eigenvalue weighted by Gasteiger charge is 2.42. The van der Waals surface area contributed by atoms with Crippen molar-refractivity contribution < 1.29 is 32.7 Å². The highest BCUT2D eigenvalue weighted by molar-refractivity contribution is 6.75. The zero-order valence-corrected chi connectivity index (χ0v) is 30.0. The van der Waals surface area contributed by atoms with Gasteiger partial charge in [0.1, 0.15) is 23.7 Å². The Morgan fingerprint density at radius 3 is 2.10 bits per heavy atom. The summed E-state index contributed by atoms with van der Waals surface area (Å²) < 4.78 is 29.7. The summed E-state index contributed by atoms with van der Waals surface area (Å²) in [5.41, 5.74) is 4.14. The molecule has 1 aromatic rings. The molecule has 2 rings (SSSR count). The molecular formula is C32H54O7Si2. The molecule has 41 heavy (non-hydrogen) atoms. The zero-order valence-electron chi connectivity index (χ0n) is 28.0. The smallest absolute Gasteiger partial charge is 0.342 e. The van der Waals surface area contributed by atoms with E-state index in [2.05, 4.69) is 80.7 Å². The van der Waals surface area contributed by atoms with Crippen LogP contribution in [-0.2, 0) is 31.7 Å². The standard InChI is InChI=1S/C32H54O7Si2/c1-21(23(19-26(33)35-9)17-18-38-40(11,12)31(3,4)5)15-16-24-28(36-10)22(2)25-20-37-30(34)27(25)29(24)39-41(13,14)32(6,7)8/h15,23H,16-20H2,1-14H3. The molecule has 0 fully saturated rings. The topological polar surface area (TPSA) is 80.3 Å². The zero-order chi connectivity index (χ0) is 31.6. The van der Waals surface area contributed by atoms with Crippen molar-refractivity contribution >= 4 is 28.6 Å². The number of methoxy groups -OCH3 is 2. The number of cyclic esters (lactones) is 1. The van der Waals surface area contributed by atoms with Crippen molar-refractivity contribution in [1.29, 1.82) is 0 Å². The molecule has 0 spiro atoms. The molecular weight excluding hydrogens is 553 g/mol. The van der Waals surface area contributed by atoms with E-state index in [0.717, 1.165) is 22.3 Å². The van der Waals surface area contributed by atoms with Gasteiger partial charge in [0, 0.05) is 17.7 Å². The lowest BCUT2D eigenvalue weighted by Crippen LogP contribution is -2.44. The van der Waals surface area contributed by atoms with E-state index in [0.29, 0.717) is 36.5 Å². The van der Waals surface area contributed by atoms with Gasteiger partial charge in [-0.15, -0.1) is 0 Å². The van der Waals surface area contributed by atoms with E-state index in [1.807, 2.05) is 6.92 Å². The number of hydrogen-bond acceptors (Lipinski definition) is 7. The Balaban J connectivity index is 2.53. The fraction of sp³-hybridized carbons (Fsp3) is 0.688. The Labute approximate surface area is 250 Å². The molecule has 0 saturated carbocycles. The van der Waals surface area contributed by atoms with Gasteiger partial charge in [-0.3, -0.25) is 4.79 Å². The summed E-state index contributed by atoms with van der Waals surface area (Å²) in [7, 11) is -1.16. The summed E-state index contributed by atoms with van der Waals surface area (Å²) in [6.07, 6.45) is 3.60. The van der Waals surface area contributed by atoms with Gasteiger partial charge in [0.05, 0.1) is 20.6 Å². The highest BCUT2D eigenvalue weighted by Crippen LogP contribution is 2.46. The van der Waals surface area contributed by atoms with Gasteiger partial charge in [-0.2, -0.15) is 0 Å². The Morgan fingerprint density at radius 1 is 1.00 bits per heavy atom. The Bertz CT molecular complexity index is 1150. The summed E-state index contributed by atoms with van der Waals surface area (Å²) >= 11 is 0. The van der Waals surface area contributed by atoms with Crippen molar-refractivity contribution in [3.05, 3.63) is 33.9 Å². The number of esters is 2. The normalized spacial score (nSPS) is 15.4. The molecule has 0 N–H and O–H groups in total. The molecule has 0 saturated heterocycles. The van der Waals surface area contributed by atoms with Crippen LogP contribution in [0.4, 0.5) is 0 Å². The SMILES string of the molecule is COC(=O)CC(CCO[Si](C)(C)C(C)(C)C)C(C)=CCc1c(OC)c(C)c2c(c1O[Si](C)(C)C(C)(C)C)C(=O)OC2. The Hall–Kier alpha value is -2.11. The monoisotopic (exact) mass is 606 g/mol. The molecule has 0 radical (unpaired) electrons. The maximum atomic E-state index is 13.0. The van der Waals surface area contributed by atoms with Crippen LogP contribution in [0.1, 0.15) is 88.4 Å². The van der Waals surface area contributed by atoms with Crippen molar-refractivity contribution in [2.24, 2.45) is 5.92 Å². The molecule has 9 heteroatoms. The van der Waals surface area contributed by atoms with E-state index in [9.17, 15) is 9.59 Å². The van der Waals surface area contributed by atoms with Crippen LogP contribution in [0.2, 0.25) is 36.3 Å². The third-order valence-electron chi connectivity index (χ3n) is 9.44. The fourth-order valence-electron chi connectivity index (χ4n) is 4.41. The van der Waals surface area contributed by atoms with Crippen molar-refractivity contribution in [3.8, 4) is 11.5 Å². The second-order valence-electron chi connectivity index (χ2n) is 14.3. The summed E-state index contributed by atoms with van der Waals surface area (Å²) in [5.74, 6) is 0.652. The lowest BCUT2D eigenvalue weighted by Gasteiger charge is -2.38. The molecule has 0 bridgehead atoms. The average Bonchev–Trinajstić information content (AvgIpc) is 3.23. The van der Waals surface area contributed by atoms with Gasteiger partial charge in [-0.05, 0) is 74.4 Å². The second-order valence-corrected chi connectivity index (χ2v) is 23.8. The van der Waals surface area contributed by atoms with Crippen LogP contribution < -0.4 is 9.16 Å². The number of rotatable bonds is 12. The first kappa shape index (κ1) is 35.1. The van der Waals surface area contributed by atoms with E-state index in [-0.39, 0.29) is 41.0 Å². The number of hydrogen-bond donors (Lipinski definition) is 0. The van der Waals surface area contributed by atoms with Gasteiger partial charge in [0.15, 0.2) is 8.32 Å². The average molecular weight is 607 g/mol.